The molecule has 1 heterocycles. The monoisotopic (exact) mass is 369 g/mol. The molecule has 0 aliphatic heterocycles. The number of H-pyrrole nitrogens is 1. The Labute approximate surface area is 164 Å². The second kappa shape index (κ2) is 7.79. The molecule has 4 aromatic rings. The van der Waals surface area contributed by atoms with Crippen LogP contribution in [-0.2, 0) is 0 Å². The number of aryl methyl sites for hydroxylation is 1. The third kappa shape index (κ3) is 3.73. The molecule has 140 valence electrons. The highest BCUT2D eigenvalue weighted by Crippen LogP contribution is 2.25. The quantitative estimate of drug-likeness (QED) is 0.537. The van der Waals surface area contributed by atoms with Gasteiger partial charge in [-0.15, -0.1) is 0 Å². The maximum atomic E-state index is 12.4. The van der Waals surface area contributed by atoms with Crippen molar-refractivity contribution in [2.75, 3.05) is 0 Å². The summed E-state index contributed by atoms with van der Waals surface area (Å²) in [6, 6.07) is 26.1. The fourth-order valence-corrected chi connectivity index (χ4v) is 3.43. The highest BCUT2D eigenvalue weighted by molar-refractivity contribution is 5.77. The number of benzene rings is 3. The molecule has 28 heavy (non-hydrogen) atoms. The fraction of sp³-hybridized carbons (Fsp3) is 0.167. The van der Waals surface area contributed by atoms with Crippen molar-refractivity contribution in [2.45, 2.75) is 25.9 Å². The van der Waals surface area contributed by atoms with Gasteiger partial charge in [0.2, 0.25) is 0 Å². The Hall–Kier alpha value is -3.24. The van der Waals surface area contributed by atoms with Crippen molar-refractivity contribution in [3.63, 3.8) is 0 Å². The molecule has 2 atom stereocenters. The summed E-state index contributed by atoms with van der Waals surface area (Å²) in [7, 11) is 0. The Morgan fingerprint density at radius 1 is 0.857 bits per heavy atom. The molecule has 1 aromatic heterocycles. The van der Waals surface area contributed by atoms with Gasteiger partial charge < -0.3 is 4.98 Å². The molecule has 4 nitrogen and oxygen atoms in total. The standard InChI is InChI=1S/C24H23N3O/c1-16-12-14-19(15-13-16)22(18-8-4-3-5-9-18)25-17(2)23-26-21-11-7-6-10-20(21)24(28)27-23/h3-15,17,22,25H,1-2H3,(H,26,27,28)/t17-,22-/m1/s1. The van der Waals surface area contributed by atoms with E-state index in [9.17, 15) is 4.79 Å². The van der Waals surface area contributed by atoms with Gasteiger partial charge in [-0.05, 0) is 37.1 Å². The van der Waals surface area contributed by atoms with E-state index >= 15 is 0 Å². The number of para-hydroxylation sites is 1. The van der Waals surface area contributed by atoms with E-state index in [1.807, 2.05) is 43.3 Å². The van der Waals surface area contributed by atoms with Crippen LogP contribution in [-0.4, -0.2) is 9.97 Å². The van der Waals surface area contributed by atoms with Crippen molar-refractivity contribution >= 4 is 10.9 Å². The summed E-state index contributed by atoms with van der Waals surface area (Å²) in [6.45, 7) is 4.11. The topological polar surface area (TPSA) is 57.8 Å². The average Bonchev–Trinajstić information content (AvgIpc) is 2.73. The van der Waals surface area contributed by atoms with E-state index in [0.29, 0.717) is 16.7 Å². The zero-order valence-electron chi connectivity index (χ0n) is 16.0. The Bertz CT molecular complexity index is 1130. The van der Waals surface area contributed by atoms with Crippen LogP contribution in [0.3, 0.4) is 0 Å². The number of nitrogens with zero attached hydrogens (tertiary/aromatic N) is 1. The Morgan fingerprint density at radius 3 is 2.25 bits per heavy atom. The summed E-state index contributed by atoms with van der Waals surface area (Å²) in [5, 5.41) is 4.25. The minimum Gasteiger partial charge on any atom is -0.309 e. The number of nitrogens with one attached hydrogen (secondary N) is 2. The molecule has 0 saturated heterocycles. The SMILES string of the molecule is Cc1ccc([C@H](N[C@H](C)c2nc3ccccc3c(=O)[nH]2)c2ccccc2)cc1. The highest BCUT2D eigenvalue weighted by Gasteiger charge is 2.19. The van der Waals surface area contributed by atoms with Crippen LogP contribution in [0.2, 0.25) is 0 Å². The molecule has 0 bridgehead atoms. The first kappa shape index (κ1) is 18.1. The number of aromatic nitrogens is 2. The first-order valence-corrected chi connectivity index (χ1v) is 9.48. The second-order valence-corrected chi connectivity index (χ2v) is 7.11. The number of aromatic amines is 1. The summed E-state index contributed by atoms with van der Waals surface area (Å²) < 4.78 is 0. The summed E-state index contributed by atoms with van der Waals surface area (Å²) in [5.41, 5.74) is 4.17. The Kier molecular flexibility index (Phi) is 5.04. The van der Waals surface area contributed by atoms with Crippen molar-refractivity contribution in [1.29, 1.82) is 0 Å². The van der Waals surface area contributed by atoms with Crippen molar-refractivity contribution in [3.8, 4) is 0 Å². The normalized spacial score (nSPS) is 13.4. The smallest absolute Gasteiger partial charge is 0.258 e. The van der Waals surface area contributed by atoms with Gasteiger partial charge in [0.25, 0.3) is 5.56 Å². The van der Waals surface area contributed by atoms with Gasteiger partial charge in [-0.3, -0.25) is 10.1 Å². The van der Waals surface area contributed by atoms with Crippen molar-refractivity contribution < 1.29 is 0 Å². The minimum atomic E-state index is -0.135. The molecule has 0 unspecified atom stereocenters. The van der Waals surface area contributed by atoms with E-state index < -0.39 is 0 Å². The molecule has 0 aliphatic rings. The predicted octanol–water partition coefficient (Wildman–Crippen LogP) is 4.67. The predicted molar refractivity (Wildman–Crippen MR) is 113 cm³/mol. The molecule has 0 radical (unpaired) electrons. The third-order valence-electron chi connectivity index (χ3n) is 5.00. The van der Waals surface area contributed by atoms with Gasteiger partial charge in [0.1, 0.15) is 5.82 Å². The lowest BCUT2D eigenvalue weighted by molar-refractivity contribution is 0.496. The number of fused-ring (bicyclic) bond motifs is 1. The van der Waals surface area contributed by atoms with Gasteiger partial charge in [0, 0.05) is 0 Å². The van der Waals surface area contributed by atoms with E-state index in [1.165, 1.54) is 16.7 Å². The molecule has 0 spiro atoms. The van der Waals surface area contributed by atoms with Crippen molar-refractivity contribution in [3.05, 3.63) is 112 Å². The number of rotatable bonds is 5. The zero-order valence-corrected chi connectivity index (χ0v) is 16.0. The van der Waals surface area contributed by atoms with Crippen LogP contribution in [0.1, 0.15) is 41.5 Å². The maximum absolute atomic E-state index is 12.4. The van der Waals surface area contributed by atoms with Crippen LogP contribution in [0, 0.1) is 6.92 Å². The van der Waals surface area contributed by atoms with E-state index in [2.05, 4.69) is 58.6 Å². The first-order chi connectivity index (χ1) is 13.6. The molecule has 0 saturated carbocycles. The second-order valence-electron chi connectivity index (χ2n) is 7.11. The van der Waals surface area contributed by atoms with Gasteiger partial charge in [-0.1, -0.05) is 72.3 Å². The first-order valence-electron chi connectivity index (χ1n) is 9.48. The Morgan fingerprint density at radius 2 is 1.50 bits per heavy atom. The van der Waals surface area contributed by atoms with E-state index in [-0.39, 0.29) is 17.6 Å². The van der Waals surface area contributed by atoms with Gasteiger partial charge in [0.05, 0.1) is 23.0 Å². The molecular weight excluding hydrogens is 346 g/mol. The molecule has 4 heteroatoms. The zero-order chi connectivity index (χ0) is 19.5. The van der Waals surface area contributed by atoms with E-state index in [0.717, 1.165) is 0 Å². The van der Waals surface area contributed by atoms with Crippen LogP contribution in [0.25, 0.3) is 10.9 Å². The third-order valence-corrected chi connectivity index (χ3v) is 5.00. The van der Waals surface area contributed by atoms with Gasteiger partial charge >= 0.3 is 0 Å². The van der Waals surface area contributed by atoms with Crippen molar-refractivity contribution in [1.82, 2.24) is 15.3 Å². The molecule has 0 fully saturated rings. The lowest BCUT2D eigenvalue weighted by Gasteiger charge is -2.24. The summed E-state index contributed by atoms with van der Waals surface area (Å²) in [4.78, 5) is 20.1. The maximum Gasteiger partial charge on any atom is 0.258 e. The van der Waals surface area contributed by atoms with Gasteiger partial charge in [-0.25, -0.2) is 4.98 Å². The summed E-state index contributed by atoms with van der Waals surface area (Å²) in [5.74, 6) is 0.636. The fourth-order valence-electron chi connectivity index (χ4n) is 3.43. The molecule has 3 aromatic carbocycles. The van der Waals surface area contributed by atoms with Crippen molar-refractivity contribution in [2.24, 2.45) is 0 Å². The summed E-state index contributed by atoms with van der Waals surface area (Å²) in [6.07, 6.45) is 0. The van der Waals surface area contributed by atoms with Crippen LogP contribution in [0.15, 0.2) is 83.7 Å². The number of hydrogen-bond donors (Lipinski definition) is 2. The molecular formula is C24H23N3O. The summed E-state index contributed by atoms with van der Waals surface area (Å²) >= 11 is 0. The van der Waals surface area contributed by atoms with Gasteiger partial charge in [0.15, 0.2) is 0 Å². The average molecular weight is 369 g/mol. The van der Waals surface area contributed by atoms with Crippen LogP contribution < -0.4 is 10.9 Å². The minimum absolute atomic E-state index is 0.00595. The van der Waals surface area contributed by atoms with E-state index in [4.69, 9.17) is 0 Å². The lowest BCUT2D eigenvalue weighted by Crippen LogP contribution is -2.28. The van der Waals surface area contributed by atoms with E-state index in [1.54, 1.807) is 6.07 Å². The van der Waals surface area contributed by atoms with Gasteiger partial charge in [-0.2, -0.15) is 0 Å². The largest absolute Gasteiger partial charge is 0.309 e. The van der Waals surface area contributed by atoms with Crippen LogP contribution in [0.4, 0.5) is 0 Å². The molecule has 0 aliphatic carbocycles. The van der Waals surface area contributed by atoms with Crippen LogP contribution in [0.5, 0.6) is 0 Å². The van der Waals surface area contributed by atoms with Crippen LogP contribution >= 0.6 is 0 Å². The molecule has 0 amide bonds. The Balaban J connectivity index is 1.70. The molecule has 2 N–H and O–H groups in total. The number of hydrogen-bond acceptors (Lipinski definition) is 3. The lowest BCUT2D eigenvalue weighted by atomic mass is 9.97. The molecule has 4 rings (SSSR count). The highest BCUT2D eigenvalue weighted by atomic mass is 16.1.